The summed E-state index contributed by atoms with van der Waals surface area (Å²) in [6, 6.07) is 4.53. The normalized spacial score (nSPS) is 10.5. The number of aromatic nitrogens is 1. The van der Waals surface area contributed by atoms with Crippen molar-refractivity contribution in [3.63, 3.8) is 0 Å². The average Bonchev–Trinajstić information content (AvgIpc) is 2.54. The third-order valence-corrected chi connectivity index (χ3v) is 4.32. The summed E-state index contributed by atoms with van der Waals surface area (Å²) < 4.78 is 2.32. The van der Waals surface area contributed by atoms with Crippen molar-refractivity contribution in [1.29, 1.82) is 0 Å². The lowest BCUT2D eigenvalue weighted by Gasteiger charge is -2.02. The second kappa shape index (κ2) is 16.3. The maximum atomic E-state index is 8.71. The molecule has 1 aromatic heterocycles. The van der Waals surface area contributed by atoms with E-state index in [-0.39, 0.29) is 12.4 Å². The second-order valence-corrected chi connectivity index (χ2v) is 6.45. The quantitative estimate of drug-likeness (QED) is 0.405. The molecule has 0 saturated heterocycles. The molecule has 0 aliphatic heterocycles. The van der Waals surface area contributed by atoms with Crippen molar-refractivity contribution < 1.29 is 22.1 Å². The summed E-state index contributed by atoms with van der Waals surface area (Å²) in [7, 11) is 0. The summed E-state index contributed by atoms with van der Waals surface area (Å²) in [5.74, 6) is 0. The van der Waals surface area contributed by atoms with Gasteiger partial charge in [-0.15, -0.1) is 0 Å². The molecule has 0 fully saturated rings. The van der Waals surface area contributed by atoms with Crippen LogP contribution in [0.15, 0.2) is 24.5 Å². The first-order valence-corrected chi connectivity index (χ1v) is 9.45. The molecule has 134 valence electrons. The monoisotopic (exact) mass is 341 g/mol. The number of unbranched alkanes of at least 4 members (excludes halogenated alkanes) is 9. The standard InChI is InChI=1S/C20H36NO.ClH/c1-2-13-20-14-17-21(18-15-20)16-11-9-7-5-3-4-6-8-10-12-19-22;/h14-15,17-18,22H,2-13,16,19H2,1H3;1H/q+1;/p-1. The summed E-state index contributed by atoms with van der Waals surface area (Å²) in [4.78, 5) is 0. The van der Waals surface area contributed by atoms with Crippen LogP contribution in [-0.2, 0) is 13.0 Å². The van der Waals surface area contributed by atoms with Crippen LogP contribution < -0.4 is 17.0 Å². The van der Waals surface area contributed by atoms with Crippen molar-refractivity contribution in [3.8, 4) is 0 Å². The molecule has 0 bridgehead atoms. The highest BCUT2D eigenvalue weighted by molar-refractivity contribution is 5.06. The van der Waals surface area contributed by atoms with E-state index in [1.165, 1.54) is 76.2 Å². The molecule has 1 aromatic rings. The summed E-state index contributed by atoms with van der Waals surface area (Å²) in [6.45, 7) is 3.75. The van der Waals surface area contributed by atoms with Gasteiger partial charge in [-0.2, -0.15) is 0 Å². The smallest absolute Gasteiger partial charge is 0.169 e. The Kier molecular flexibility index (Phi) is 15.8. The Labute approximate surface area is 149 Å². The number of aliphatic hydroxyl groups excluding tert-OH is 1. The van der Waals surface area contributed by atoms with Crippen molar-refractivity contribution in [2.45, 2.75) is 90.5 Å². The first-order chi connectivity index (χ1) is 10.9. The molecule has 0 saturated carbocycles. The molecule has 0 radical (unpaired) electrons. The zero-order valence-corrected chi connectivity index (χ0v) is 15.7. The number of aryl methyl sites for hydroxylation is 2. The molecule has 2 nitrogen and oxygen atoms in total. The first kappa shape index (κ1) is 22.4. The van der Waals surface area contributed by atoms with E-state index in [1.54, 1.807) is 0 Å². The van der Waals surface area contributed by atoms with Crippen LogP contribution in [0.1, 0.15) is 83.1 Å². The van der Waals surface area contributed by atoms with E-state index in [9.17, 15) is 0 Å². The van der Waals surface area contributed by atoms with Crippen LogP contribution in [0.3, 0.4) is 0 Å². The van der Waals surface area contributed by atoms with Gasteiger partial charge in [-0.1, -0.05) is 58.3 Å². The predicted octanol–water partition coefficient (Wildman–Crippen LogP) is 1.82. The summed E-state index contributed by atoms with van der Waals surface area (Å²) in [5, 5.41) is 8.71. The molecule has 1 N–H and O–H groups in total. The van der Waals surface area contributed by atoms with Gasteiger partial charge >= 0.3 is 0 Å². The third kappa shape index (κ3) is 12.5. The number of hydrogen-bond donors (Lipinski definition) is 1. The SMILES string of the molecule is CCCc1cc[n+](CCCCCCCCCCCCO)cc1.[Cl-]. The lowest BCUT2D eigenvalue weighted by atomic mass is 10.1. The van der Waals surface area contributed by atoms with Crippen molar-refractivity contribution >= 4 is 0 Å². The molecular weight excluding hydrogens is 306 g/mol. The Morgan fingerprint density at radius 1 is 0.783 bits per heavy atom. The Morgan fingerprint density at radius 2 is 1.26 bits per heavy atom. The topological polar surface area (TPSA) is 24.1 Å². The van der Waals surface area contributed by atoms with Gasteiger partial charge in [0.25, 0.3) is 0 Å². The molecule has 0 unspecified atom stereocenters. The predicted molar refractivity (Wildman–Crippen MR) is 93.9 cm³/mol. The minimum Gasteiger partial charge on any atom is -1.00 e. The molecule has 0 aromatic carbocycles. The fourth-order valence-corrected chi connectivity index (χ4v) is 2.91. The van der Waals surface area contributed by atoms with Crippen molar-refractivity contribution in [2.75, 3.05) is 6.61 Å². The molecule has 3 heteroatoms. The fraction of sp³-hybridized carbons (Fsp3) is 0.750. The molecule has 23 heavy (non-hydrogen) atoms. The first-order valence-electron chi connectivity index (χ1n) is 9.45. The van der Waals surface area contributed by atoms with Gasteiger partial charge in [-0.25, -0.2) is 4.57 Å². The molecule has 1 heterocycles. The largest absolute Gasteiger partial charge is 1.00 e. The van der Waals surface area contributed by atoms with Crippen LogP contribution in [0.25, 0.3) is 0 Å². The highest BCUT2D eigenvalue weighted by Crippen LogP contribution is 2.10. The van der Waals surface area contributed by atoms with Crippen LogP contribution in [0.2, 0.25) is 0 Å². The van der Waals surface area contributed by atoms with Crippen LogP contribution in [-0.4, -0.2) is 11.7 Å². The van der Waals surface area contributed by atoms with Crippen molar-refractivity contribution in [1.82, 2.24) is 0 Å². The van der Waals surface area contributed by atoms with Crippen molar-refractivity contribution in [3.05, 3.63) is 30.1 Å². The molecule has 0 aliphatic carbocycles. The van der Waals surface area contributed by atoms with Crippen LogP contribution >= 0.6 is 0 Å². The van der Waals surface area contributed by atoms with Gasteiger partial charge < -0.3 is 17.5 Å². The third-order valence-electron chi connectivity index (χ3n) is 4.32. The number of rotatable bonds is 14. The van der Waals surface area contributed by atoms with Gasteiger partial charge in [0.15, 0.2) is 12.4 Å². The van der Waals surface area contributed by atoms with Gasteiger partial charge in [0.2, 0.25) is 0 Å². The molecule has 0 aliphatic rings. The van der Waals surface area contributed by atoms with E-state index < -0.39 is 0 Å². The minimum atomic E-state index is 0. The Balaban J connectivity index is 0.00000484. The summed E-state index contributed by atoms with van der Waals surface area (Å²) in [6.07, 6.45) is 19.9. The Morgan fingerprint density at radius 3 is 1.74 bits per heavy atom. The molecule has 0 amide bonds. The lowest BCUT2D eigenvalue weighted by Crippen LogP contribution is -3.00. The van der Waals surface area contributed by atoms with E-state index in [0.29, 0.717) is 6.61 Å². The zero-order chi connectivity index (χ0) is 15.9. The highest BCUT2D eigenvalue weighted by Gasteiger charge is 2.00. The lowest BCUT2D eigenvalue weighted by molar-refractivity contribution is -0.697. The maximum absolute atomic E-state index is 8.71. The maximum Gasteiger partial charge on any atom is 0.169 e. The zero-order valence-electron chi connectivity index (χ0n) is 15.0. The van der Waals surface area contributed by atoms with Crippen LogP contribution in [0, 0.1) is 0 Å². The Hall–Kier alpha value is -0.600. The van der Waals surface area contributed by atoms with E-state index in [1.807, 2.05) is 0 Å². The summed E-state index contributed by atoms with van der Waals surface area (Å²) in [5.41, 5.74) is 1.46. The minimum absolute atomic E-state index is 0. The number of aliphatic hydroxyl groups is 1. The molecule has 0 spiro atoms. The van der Waals surface area contributed by atoms with Crippen molar-refractivity contribution in [2.24, 2.45) is 0 Å². The summed E-state index contributed by atoms with van der Waals surface area (Å²) >= 11 is 0. The highest BCUT2D eigenvalue weighted by atomic mass is 35.5. The number of pyridine rings is 1. The Bertz CT molecular complexity index is 353. The number of hydrogen-bond acceptors (Lipinski definition) is 1. The second-order valence-electron chi connectivity index (χ2n) is 6.45. The van der Waals surface area contributed by atoms with Gasteiger partial charge in [0.1, 0.15) is 6.54 Å². The van der Waals surface area contributed by atoms with E-state index >= 15 is 0 Å². The van der Waals surface area contributed by atoms with Crippen LogP contribution in [0.5, 0.6) is 0 Å². The van der Waals surface area contributed by atoms with Gasteiger partial charge in [-0.05, 0) is 24.8 Å². The van der Waals surface area contributed by atoms with Crippen LogP contribution in [0.4, 0.5) is 0 Å². The average molecular weight is 342 g/mol. The molecule has 1 rings (SSSR count). The van der Waals surface area contributed by atoms with E-state index in [0.717, 1.165) is 13.0 Å². The van der Waals surface area contributed by atoms with E-state index in [4.69, 9.17) is 5.11 Å². The van der Waals surface area contributed by atoms with Gasteiger partial charge in [-0.3, -0.25) is 0 Å². The van der Waals surface area contributed by atoms with Gasteiger partial charge in [0.05, 0.1) is 0 Å². The molecule has 0 atom stereocenters. The van der Waals surface area contributed by atoms with Gasteiger partial charge in [0, 0.05) is 25.2 Å². The number of halogens is 1. The fourth-order valence-electron chi connectivity index (χ4n) is 2.91. The number of nitrogens with zero attached hydrogens (tertiary/aromatic N) is 1. The molecular formula is C20H36ClNO. The van der Waals surface area contributed by atoms with E-state index in [2.05, 4.69) is 36.0 Å².